The van der Waals surface area contributed by atoms with Crippen LogP contribution in [0.25, 0.3) is 0 Å². The van der Waals surface area contributed by atoms with Gasteiger partial charge in [0.05, 0.1) is 0 Å². The molecule has 114 valence electrons. The van der Waals surface area contributed by atoms with Crippen molar-refractivity contribution in [1.29, 1.82) is 0 Å². The number of carboxylic acid groups (broad SMARTS) is 1. The molecule has 0 aliphatic carbocycles. The van der Waals surface area contributed by atoms with Crippen molar-refractivity contribution in [1.82, 2.24) is 16.0 Å². The Bertz CT molecular complexity index is 372. The maximum absolute atomic E-state index is 11.4. The van der Waals surface area contributed by atoms with E-state index in [0.29, 0.717) is 6.54 Å². The number of carbonyl (C=O) groups is 4. The van der Waals surface area contributed by atoms with Crippen molar-refractivity contribution >= 4 is 23.8 Å². The summed E-state index contributed by atoms with van der Waals surface area (Å²) in [6.45, 7) is 2.35. The van der Waals surface area contributed by atoms with Gasteiger partial charge in [0.25, 0.3) is 0 Å². The average Bonchev–Trinajstić information content (AvgIpc) is 2.34. The molecule has 20 heavy (non-hydrogen) atoms. The summed E-state index contributed by atoms with van der Waals surface area (Å²) in [5.74, 6) is -2.11. The smallest absolute Gasteiger partial charge is 0.326 e. The van der Waals surface area contributed by atoms with Crippen LogP contribution in [0.3, 0.4) is 0 Å². The Morgan fingerprint density at radius 2 is 1.80 bits per heavy atom. The third-order valence-electron chi connectivity index (χ3n) is 2.29. The van der Waals surface area contributed by atoms with Crippen LogP contribution in [0.2, 0.25) is 0 Å². The molecule has 0 heterocycles. The van der Waals surface area contributed by atoms with Gasteiger partial charge in [0, 0.05) is 25.9 Å². The van der Waals surface area contributed by atoms with E-state index in [4.69, 9.17) is 10.8 Å². The summed E-state index contributed by atoms with van der Waals surface area (Å²) >= 11 is 0. The lowest BCUT2D eigenvalue weighted by Crippen LogP contribution is -2.47. The van der Waals surface area contributed by atoms with Gasteiger partial charge in [0.1, 0.15) is 6.04 Å². The lowest BCUT2D eigenvalue weighted by Gasteiger charge is -2.14. The highest BCUT2D eigenvalue weighted by Gasteiger charge is 2.20. The number of hydrogen-bond acceptors (Lipinski definition) is 4. The molecule has 0 fully saturated rings. The van der Waals surface area contributed by atoms with E-state index in [9.17, 15) is 19.2 Å². The minimum absolute atomic E-state index is 0.0832. The molecule has 0 aliphatic rings. The van der Waals surface area contributed by atoms with Crippen LogP contribution in [0.5, 0.6) is 0 Å². The topological polar surface area (TPSA) is 151 Å². The van der Waals surface area contributed by atoms with Gasteiger partial charge in [-0.1, -0.05) is 0 Å². The quantitative estimate of drug-likeness (QED) is 0.351. The van der Waals surface area contributed by atoms with Gasteiger partial charge < -0.3 is 26.8 Å². The number of amides is 4. The first-order chi connectivity index (χ1) is 9.36. The fourth-order valence-corrected chi connectivity index (χ4v) is 1.33. The Kier molecular flexibility index (Phi) is 8.48. The van der Waals surface area contributed by atoms with Crippen LogP contribution in [0.1, 0.15) is 26.2 Å². The van der Waals surface area contributed by atoms with Gasteiger partial charge in [-0.25, -0.2) is 9.59 Å². The van der Waals surface area contributed by atoms with Crippen LogP contribution >= 0.6 is 0 Å². The summed E-state index contributed by atoms with van der Waals surface area (Å²) in [6.07, 6.45) is -0.134. The number of nitrogens with one attached hydrogen (secondary N) is 3. The van der Waals surface area contributed by atoms with Gasteiger partial charge in [0.15, 0.2) is 0 Å². The number of urea groups is 1. The summed E-state index contributed by atoms with van der Waals surface area (Å²) in [5.41, 5.74) is 4.91. The van der Waals surface area contributed by atoms with Crippen LogP contribution in [-0.2, 0) is 14.4 Å². The van der Waals surface area contributed by atoms with Crippen molar-refractivity contribution in [3.05, 3.63) is 0 Å². The van der Waals surface area contributed by atoms with Gasteiger partial charge in [-0.05, 0) is 13.3 Å². The zero-order valence-corrected chi connectivity index (χ0v) is 11.3. The van der Waals surface area contributed by atoms with E-state index in [0.717, 1.165) is 0 Å². The monoisotopic (exact) mass is 288 g/mol. The number of nitrogens with two attached hydrogens (primary N) is 1. The average molecular weight is 288 g/mol. The standard InChI is InChI=1S/C11H20N4O5/c1-2-13-9(17)5-6-14-11(20)15-7(10(18)19)3-4-8(12)16/h7H,2-6H2,1H3,(H2,12,16)(H,13,17)(H,18,19)(H2,14,15,20)/t7-/m0/s1. The Balaban J connectivity index is 4.04. The normalized spacial score (nSPS) is 11.2. The van der Waals surface area contributed by atoms with Crippen LogP contribution in [0, 0.1) is 0 Å². The third kappa shape index (κ3) is 8.72. The second kappa shape index (κ2) is 9.59. The second-order valence-electron chi connectivity index (χ2n) is 4.00. The molecule has 0 saturated carbocycles. The molecule has 0 rings (SSSR count). The summed E-state index contributed by atoms with van der Waals surface area (Å²) in [7, 11) is 0. The van der Waals surface area contributed by atoms with Crippen molar-refractivity contribution < 1.29 is 24.3 Å². The van der Waals surface area contributed by atoms with Crippen LogP contribution in [0.4, 0.5) is 4.79 Å². The lowest BCUT2D eigenvalue weighted by atomic mass is 10.1. The van der Waals surface area contributed by atoms with Crippen molar-refractivity contribution in [2.75, 3.05) is 13.1 Å². The zero-order valence-electron chi connectivity index (χ0n) is 11.3. The molecule has 9 heteroatoms. The predicted octanol–water partition coefficient (Wildman–Crippen LogP) is -1.47. The zero-order chi connectivity index (χ0) is 15.5. The Morgan fingerprint density at radius 3 is 2.30 bits per heavy atom. The van der Waals surface area contributed by atoms with E-state index in [1.165, 1.54) is 0 Å². The molecule has 0 aromatic carbocycles. The molecule has 4 amide bonds. The molecular weight excluding hydrogens is 268 g/mol. The van der Waals surface area contributed by atoms with Gasteiger partial charge in [-0.3, -0.25) is 9.59 Å². The molecule has 0 radical (unpaired) electrons. The number of hydrogen-bond donors (Lipinski definition) is 5. The van der Waals surface area contributed by atoms with Crippen molar-refractivity contribution in [2.24, 2.45) is 5.73 Å². The van der Waals surface area contributed by atoms with Gasteiger partial charge in [0.2, 0.25) is 11.8 Å². The maximum Gasteiger partial charge on any atom is 0.326 e. The molecule has 0 aromatic heterocycles. The summed E-state index contributed by atoms with van der Waals surface area (Å²) in [6, 6.07) is -1.92. The van der Waals surface area contributed by atoms with E-state index in [1.807, 2.05) is 0 Å². The number of carboxylic acids is 1. The third-order valence-corrected chi connectivity index (χ3v) is 2.29. The maximum atomic E-state index is 11.4. The number of carbonyl (C=O) groups excluding carboxylic acids is 3. The first-order valence-electron chi connectivity index (χ1n) is 6.19. The molecule has 9 nitrogen and oxygen atoms in total. The molecule has 0 unspecified atom stereocenters. The van der Waals surface area contributed by atoms with E-state index in [-0.39, 0.29) is 31.7 Å². The summed E-state index contributed by atoms with van der Waals surface area (Å²) in [4.78, 5) is 43.9. The Morgan fingerprint density at radius 1 is 1.15 bits per heavy atom. The van der Waals surface area contributed by atoms with Crippen LogP contribution in [-0.4, -0.2) is 48.1 Å². The minimum atomic E-state index is -1.26. The van der Waals surface area contributed by atoms with Gasteiger partial charge in [-0.15, -0.1) is 0 Å². The highest BCUT2D eigenvalue weighted by Crippen LogP contribution is 1.97. The van der Waals surface area contributed by atoms with E-state index >= 15 is 0 Å². The molecule has 1 atom stereocenters. The first kappa shape index (κ1) is 17.7. The number of rotatable bonds is 9. The van der Waals surface area contributed by atoms with Crippen molar-refractivity contribution in [3.8, 4) is 0 Å². The van der Waals surface area contributed by atoms with Crippen LogP contribution < -0.4 is 21.7 Å². The molecule has 0 saturated heterocycles. The van der Waals surface area contributed by atoms with Crippen molar-refractivity contribution in [2.45, 2.75) is 32.2 Å². The Hall–Kier alpha value is -2.32. The van der Waals surface area contributed by atoms with E-state index in [1.54, 1.807) is 6.92 Å². The Labute approximate surface area is 116 Å². The lowest BCUT2D eigenvalue weighted by molar-refractivity contribution is -0.139. The fraction of sp³-hybridized carbons (Fsp3) is 0.636. The molecule has 0 bridgehead atoms. The highest BCUT2D eigenvalue weighted by molar-refractivity contribution is 5.83. The molecule has 0 spiro atoms. The SMILES string of the molecule is CCNC(=O)CCNC(=O)N[C@@H](CCC(N)=O)C(=O)O. The summed E-state index contributed by atoms with van der Waals surface area (Å²) < 4.78 is 0. The first-order valence-corrected chi connectivity index (χ1v) is 6.19. The molecular formula is C11H20N4O5. The second-order valence-corrected chi connectivity index (χ2v) is 4.00. The summed E-state index contributed by atoms with van der Waals surface area (Å²) in [5, 5.41) is 16.0. The van der Waals surface area contributed by atoms with Gasteiger partial charge >= 0.3 is 12.0 Å². The van der Waals surface area contributed by atoms with Crippen LogP contribution in [0.15, 0.2) is 0 Å². The van der Waals surface area contributed by atoms with E-state index < -0.39 is 23.9 Å². The minimum Gasteiger partial charge on any atom is -0.480 e. The molecule has 6 N–H and O–H groups in total. The fourth-order valence-electron chi connectivity index (χ4n) is 1.33. The number of aliphatic carboxylic acids is 1. The molecule has 0 aromatic rings. The predicted molar refractivity (Wildman–Crippen MR) is 69.7 cm³/mol. The number of primary amides is 1. The highest BCUT2D eigenvalue weighted by atomic mass is 16.4. The molecule has 0 aliphatic heterocycles. The van der Waals surface area contributed by atoms with Gasteiger partial charge in [-0.2, -0.15) is 0 Å². The van der Waals surface area contributed by atoms with Crippen molar-refractivity contribution in [3.63, 3.8) is 0 Å². The largest absolute Gasteiger partial charge is 0.480 e. The van der Waals surface area contributed by atoms with E-state index in [2.05, 4.69) is 16.0 Å².